The maximum Gasteiger partial charge on any atom is 0.338 e. The maximum absolute atomic E-state index is 12.9. The molecule has 0 spiro atoms. The van der Waals surface area contributed by atoms with E-state index in [1.807, 2.05) is 42.5 Å². The standard InChI is InChI=1S/C23H19N5O3/c1-3-30-23(29)17-14(2)31-22-19(18(17)15-8-5-4-6-9-15)21-26-20(27-28(21)13-25-22)16-10-7-11-24-12-16/h4-13,18H,3H2,1-2H3. The predicted octanol–water partition coefficient (Wildman–Crippen LogP) is 3.55. The topological polar surface area (TPSA) is 91.5 Å². The highest BCUT2D eigenvalue weighted by Gasteiger charge is 2.38. The summed E-state index contributed by atoms with van der Waals surface area (Å²) in [6.07, 6.45) is 4.96. The third kappa shape index (κ3) is 3.22. The van der Waals surface area contributed by atoms with Crippen LogP contribution < -0.4 is 4.74 Å². The Hall–Kier alpha value is -4.07. The molecule has 8 nitrogen and oxygen atoms in total. The molecule has 4 aromatic rings. The van der Waals surface area contributed by atoms with E-state index in [9.17, 15) is 4.79 Å². The highest BCUT2D eigenvalue weighted by molar-refractivity contribution is 5.93. The first-order valence-electron chi connectivity index (χ1n) is 9.93. The average molecular weight is 413 g/mol. The van der Waals surface area contributed by atoms with Crippen LogP contribution in [0.15, 0.2) is 72.5 Å². The molecule has 0 saturated heterocycles. The van der Waals surface area contributed by atoms with E-state index < -0.39 is 11.9 Å². The van der Waals surface area contributed by atoms with Gasteiger partial charge >= 0.3 is 5.97 Å². The van der Waals surface area contributed by atoms with Crippen LogP contribution in [0.5, 0.6) is 5.88 Å². The largest absolute Gasteiger partial charge is 0.463 e. The molecule has 4 heterocycles. The number of allylic oxidation sites excluding steroid dienone is 1. The average Bonchev–Trinajstić information content (AvgIpc) is 3.24. The summed E-state index contributed by atoms with van der Waals surface area (Å²) in [6, 6.07) is 13.4. The molecule has 0 bridgehead atoms. The van der Waals surface area contributed by atoms with E-state index in [-0.39, 0.29) is 6.61 Å². The molecule has 31 heavy (non-hydrogen) atoms. The molecule has 0 amide bonds. The second kappa shape index (κ2) is 7.64. The lowest BCUT2D eigenvalue weighted by molar-refractivity contribution is -0.139. The Labute approximate surface area is 178 Å². The fraction of sp³-hybridized carbons (Fsp3) is 0.174. The van der Waals surface area contributed by atoms with Gasteiger partial charge in [0.15, 0.2) is 11.5 Å². The van der Waals surface area contributed by atoms with E-state index in [4.69, 9.17) is 14.5 Å². The molecule has 0 radical (unpaired) electrons. The molecule has 154 valence electrons. The van der Waals surface area contributed by atoms with E-state index >= 15 is 0 Å². The van der Waals surface area contributed by atoms with Gasteiger partial charge in [-0.25, -0.2) is 19.3 Å². The third-order valence-corrected chi connectivity index (χ3v) is 5.14. The lowest BCUT2D eigenvalue weighted by Gasteiger charge is -2.28. The number of carbonyl (C=O) groups excluding carboxylic acids is 1. The molecule has 3 aromatic heterocycles. The van der Waals surface area contributed by atoms with Crippen molar-refractivity contribution in [1.82, 2.24) is 24.6 Å². The Morgan fingerprint density at radius 2 is 2.03 bits per heavy atom. The molecule has 0 fully saturated rings. The quantitative estimate of drug-likeness (QED) is 0.473. The van der Waals surface area contributed by atoms with Gasteiger partial charge in [0, 0.05) is 18.0 Å². The number of fused-ring (bicyclic) bond motifs is 3. The van der Waals surface area contributed by atoms with Gasteiger partial charge in [0.05, 0.1) is 23.7 Å². The number of pyridine rings is 1. The number of hydrogen-bond donors (Lipinski definition) is 0. The molecule has 0 saturated carbocycles. The fourth-order valence-electron chi connectivity index (χ4n) is 3.81. The van der Waals surface area contributed by atoms with E-state index in [0.29, 0.717) is 34.2 Å². The number of benzene rings is 1. The Balaban J connectivity index is 1.76. The van der Waals surface area contributed by atoms with Crippen LogP contribution in [0.2, 0.25) is 0 Å². The first-order valence-corrected chi connectivity index (χ1v) is 9.93. The molecule has 8 heteroatoms. The summed E-state index contributed by atoms with van der Waals surface area (Å²) in [6.45, 7) is 3.80. The minimum atomic E-state index is -0.453. The smallest absolute Gasteiger partial charge is 0.338 e. The van der Waals surface area contributed by atoms with Gasteiger partial charge in [-0.2, -0.15) is 0 Å². The SMILES string of the molecule is CCOC(=O)C1=C(C)Oc2ncn3nc(-c4cccnc4)nc3c2C1c1ccccc1. The zero-order chi connectivity index (χ0) is 21.4. The number of aromatic nitrogens is 5. The van der Waals surface area contributed by atoms with Gasteiger partial charge in [0.1, 0.15) is 12.1 Å². The minimum absolute atomic E-state index is 0.266. The summed E-state index contributed by atoms with van der Waals surface area (Å²) >= 11 is 0. The van der Waals surface area contributed by atoms with Crippen molar-refractivity contribution >= 4 is 11.6 Å². The third-order valence-electron chi connectivity index (χ3n) is 5.14. The number of hydrogen-bond acceptors (Lipinski definition) is 7. The number of ether oxygens (including phenoxy) is 2. The highest BCUT2D eigenvalue weighted by Crippen LogP contribution is 2.44. The molecular weight excluding hydrogens is 394 g/mol. The molecule has 1 aliphatic heterocycles. The van der Waals surface area contributed by atoms with Crippen LogP contribution in [0.1, 0.15) is 30.9 Å². The van der Waals surface area contributed by atoms with Crippen molar-refractivity contribution in [1.29, 1.82) is 0 Å². The number of esters is 1. The van der Waals surface area contributed by atoms with Crippen molar-refractivity contribution in [3.63, 3.8) is 0 Å². The second-order valence-electron chi connectivity index (χ2n) is 7.04. The Morgan fingerprint density at radius 1 is 1.19 bits per heavy atom. The molecule has 0 aliphatic carbocycles. The Bertz CT molecular complexity index is 1300. The van der Waals surface area contributed by atoms with Crippen molar-refractivity contribution in [2.45, 2.75) is 19.8 Å². The van der Waals surface area contributed by atoms with Gasteiger partial charge in [0.2, 0.25) is 5.88 Å². The van der Waals surface area contributed by atoms with Crippen LogP contribution in [0.4, 0.5) is 0 Å². The van der Waals surface area contributed by atoms with Crippen LogP contribution >= 0.6 is 0 Å². The van der Waals surface area contributed by atoms with Gasteiger partial charge in [-0.1, -0.05) is 30.3 Å². The molecule has 1 atom stereocenters. The van der Waals surface area contributed by atoms with Crippen molar-refractivity contribution in [3.8, 4) is 17.3 Å². The first-order chi connectivity index (χ1) is 15.2. The number of carbonyl (C=O) groups is 1. The van der Waals surface area contributed by atoms with Crippen molar-refractivity contribution in [2.75, 3.05) is 6.61 Å². The minimum Gasteiger partial charge on any atom is -0.463 e. The van der Waals surface area contributed by atoms with Crippen LogP contribution in [-0.2, 0) is 9.53 Å². The second-order valence-corrected chi connectivity index (χ2v) is 7.04. The molecule has 0 N–H and O–H groups in total. The predicted molar refractivity (Wildman–Crippen MR) is 112 cm³/mol. The maximum atomic E-state index is 12.9. The van der Waals surface area contributed by atoms with Crippen LogP contribution in [0.25, 0.3) is 17.0 Å². The Morgan fingerprint density at radius 3 is 2.77 bits per heavy atom. The number of rotatable bonds is 4. The van der Waals surface area contributed by atoms with E-state index in [1.54, 1.807) is 37.1 Å². The zero-order valence-corrected chi connectivity index (χ0v) is 17.0. The van der Waals surface area contributed by atoms with E-state index in [0.717, 1.165) is 11.1 Å². The summed E-state index contributed by atoms with van der Waals surface area (Å²) in [7, 11) is 0. The van der Waals surface area contributed by atoms with Crippen LogP contribution in [0.3, 0.4) is 0 Å². The molecule has 1 aromatic carbocycles. The summed E-state index contributed by atoms with van der Waals surface area (Å²) < 4.78 is 12.9. The molecule has 1 unspecified atom stereocenters. The highest BCUT2D eigenvalue weighted by atomic mass is 16.5. The monoisotopic (exact) mass is 413 g/mol. The van der Waals surface area contributed by atoms with Gasteiger partial charge in [-0.15, -0.1) is 5.10 Å². The summed E-state index contributed by atoms with van der Waals surface area (Å²) in [4.78, 5) is 26.3. The lowest BCUT2D eigenvalue weighted by Crippen LogP contribution is -2.24. The van der Waals surface area contributed by atoms with Crippen molar-refractivity contribution < 1.29 is 14.3 Å². The van der Waals surface area contributed by atoms with Gasteiger partial charge in [-0.3, -0.25) is 4.98 Å². The van der Waals surface area contributed by atoms with Gasteiger partial charge in [-0.05, 0) is 31.5 Å². The normalized spacial score (nSPS) is 15.5. The van der Waals surface area contributed by atoms with Gasteiger partial charge < -0.3 is 9.47 Å². The molecular formula is C23H19N5O3. The zero-order valence-electron chi connectivity index (χ0n) is 17.0. The molecule has 5 rings (SSSR count). The molecule has 1 aliphatic rings. The van der Waals surface area contributed by atoms with E-state index in [1.165, 1.54) is 0 Å². The first kappa shape index (κ1) is 18.9. The van der Waals surface area contributed by atoms with Gasteiger partial charge in [0.25, 0.3) is 0 Å². The number of nitrogens with zero attached hydrogens (tertiary/aromatic N) is 5. The van der Waals surface area contributed by atoms with Crippen molar-refractivity contribution in [2.24, 2.45) is 0 Å². The van der Waals surface area contributed by atoms with Crippen LogP contribution in [-0.4, -0.2) is 37.1 Å². The summed E-state index contributed by atoms with van der Waals surface area (Å²) in [5.74, 6) is 0.499. The summed E-state index contributed by atoms with van der Waals surface area (Å²) in [5, 5.41) is 4.56. The summed E-state index contributed by atoms with van der Waals surface area (Å²) in [5.41, 5.74) is 3.36. The van der Waals surface area contributed by atoms with Crippen LogP contribution in [0, 0.1) is 0 Å². The van der Waals surface area contributed by atoms with Crippen molar-refractivity contribution in [3.05, 3.63) is 83.6 Å². The fourth-order valence-corrected chi connectivity index (χ4v) is 3.81. The Kier molecular flexibility index (Phi) is 4.66. The lowest BCUT2D eigenvalue weighted by atomic mass is 9.83. The van der Waals surface area contributed by atoms with E-state index in [2.05, 4.69) is 15.1 Å².